The highest BCUT2D eigenvalue weighted by molar-refractivity contribution is 7.93. The number of nitrogens with zero attached hydrogens (tertiary/aromatic N) is 1. The van der Waals surface area contributed by atoms with Crippen molar-refractivity contribution in [3.63, 3.8) is 0 Å². The minimum Gasteiger partial charge on any atom is -0.282 e. The van der Waals surface area contributed by atoms with E-state index in [0.717, 1.165) is 5.56 Å². The first kappa shape index (κ1) is 11.0. The Morgan fingerprint density at radius 1 is 1.36 bits per heavy atom. The molecule has 78 valence electrons. The molecule has 0 aliphatic rings. The van der Waals surface area contributed by atoms with Crippen LogP contribution in [0.2, 0.25) is 0 Å². The summed E-state index contributed by atoms with van der Waals surface area (Å²) in [7, 11) is -3.26. The van der Waals surface area contributed by atoms with Gasteiger partial charge in [0, 0.05) is 6.20 Å². The summed E-state index contributed by atoms with van der Waals surface area (Å²) in [6, 6.07) is 1.74. The summed E-state index contributed by atoms with van der Waals surface area (Å²) in [6.07, 6.45) is 3.17. The fourth-order valence-electron chi connectivity index (χ4n) is 0.893. The van der Waals surface area contributed by atoms with Crippen molar-refractivity contribution in [2.45, 2.75) is 26.0 Å². The summed E-state index contributed by atoms with van der Waals surface area (Å²) in [5, 5.41) is -0.442. The zero-order valence-electron chi connectivity index (χ0n) is 8.48. The maximum Gasteiger partial charge on any atom is 0.235 e. The average Bonchev–Trinajstić information content (AvgIpc) is 2.02. The molecule has 1 aromatic rings. The quantitative estimate of drug-likeness (QED) is 0.830. The molecule has 14 heavy (non-hydrogen) atoms. The largest absolute Gasteiger partial charge is 0.282 e. The summed E-state index contributed by atoms with van der Waals surface area (Å²) < 4.78 is 25.4. The van der Waals surface area contributed by atoms with Crippen molar-refractivity contribution >= 4 is 15.7 Å². The van der Waals surface area contributed by atoms with Gasteiger partial charge in [0.05, 0.1) is 17.1 Å². The van der Waals surface area contributed by atoms with E-state index in [1.165, 1.54) is 6.20 Å². The van der Waals surface area contributed by atoms with Crippen LogP contribution in [0.5, 0.6) is 0 Å². The topological polar surface area (TPSA) is 59.1 Å². The smallest absolute Gasteiger partial charge is 0.235 e. The third kappa shape index (κ3) is 2.70. The number of aryl methyl sites for hydroxylation is 1. The lowest BCUT2D eigenvalue weighted by atomic mass is 10.3. The zero-order valence-corrected chi connectivity index (χ0v) is 9.30. The van der Waals surface area contributed by atoms with E-state index in [2.05, 4.69) is 9.71 Å². The maximum atomic E-state index is 11.5. The van der Waals surface area contributed by atoms with Gasteiger partial charge in [0.2, 0.25) is 10.0 Å². The second kappa shape index (κ2) is 3.96. The Bertz CT molecular complexity index is 413. The van der Waals surface area contributed by atoms with Crippen molar-refractivity contribution < 1.29 is 8.42 Å². The summed E-state index contributed by atoms with van der Waals surface area (Å²) in [5.74, 6) is 0. The SMILES string of the molecule is Cc1cncc(NS(=O)(=O)C(C)C)c1. The van der Waals surface area contributed by atoms with Gasteiger partial charge in [-0.15, -0.1) is 0 Å². The summed E-state index contributed by atoms with van der Waals surface area (Å²) in [6.45, 7) is 5.12. The number of sulfonamides is 1. The van der Waals surface area contributed by atoms with E-state index in [0.29, 0.717) is 5.69 Å². The van der Waals surface area contributed by atoms with Gasteiger partial charge in [0.15, 0.2) is 0 Å². The van der Waals surface area contributed by atoms with Crippen LogP contribution in [-0.4, -0.2) is 18.7 Å². The fraction of sp³-hybridized carbons (Fsp3) is 0.444. The molecule has 1 N–H and O–H groups in total. The van der Waals surface area contributed by atoms with E-state index in [4.69, 9.17) is 0 Å². The molecule has 0 aromatic carbocycles. The molecule has 0 aliphatic heterocycles. The predicted molar refractivity (Wildman–Crippen MR) is 56.7 cm³/mol. The van der Waals surface area contributed by atoms with Crippen LogP contribution in [0.25, 0.3) is 0 Å². The minimum absolute atomic E-state index is 0.442. The van der Waals surface area contributed by atoms with Crippen LogP contribution >= 0.6 is 0 Å². The van der Waals surface area contributed by atoms with E-state index in [-0.39, 0.29) is 0 Å². The van der Waals surface area contributed by atoms with Crippen LogP contribution in [0.15, 0.2) is 18.5 Å². The molecule has 0 radical (unpaired) electrons. The van der Waals surface area contributed by atoms with Crippen LogP contribution in [0.4, 0.5) is 5.69 Å². The molecule has 0 bridgehead atoms. The van der Waals surface area contributed by atoms with E-state index < -0.39 is 15.3 Å². The number of nitrogens with one attached hydrogen (secondary N) is 1. The normalized spacial score (nSPS) is 11.7. The molecule has 0 saturated carbocycles. The lowest BCUT2D eigenvalue weighted by molar-refractivity contribution is 0.593. The van der Waals surface area contributed by atoms with E-state index in [9.17, 15) is 8.42 Å². The van der Waals surface area contributed by atoms with Crippen molar-refractivity contribution in [2.24, 2.45) is 0 Å². The van der Waals surface area contributed by atoms with Crippen molar-refractivity contribution in [3.05, 3.63) is 24.0 Å². The van der Waals surface area contributed by atoms with E-state index >= 15 is 0 Å². The number of rotatable bonds is 3. The molecule has 0 fully saturated rings. The Balaban J connectivity index is 2.90. The Kier molecular flexibility index (Phi) is 3.10. The molecule has 5 heteroatoms. The van der Waals surface area contributed by atoms with Crippen LogP contribution in [-0.2, 0) is 10.0 Å². The molecule has 1 heterocycles. The highest BCUT2D eigenvalue weighted by Gasteiger charge is 2.15. The van der Waals surface area contributed by atoms with Crippen LogP contribution in [0.1, 0.15) is 19.4 Å². The van der Waals surface area contributed by atoms with Gasteiger partial charge in [-0.1, -0.05) is 0 Å². The Morgan fingerprint density at radius 3 is 2.50 bits per heavy atom. The molecule has 0 spiro atoms. The summed E-state index contributed by atoms with van der Waals surface area (Å²) in [5.41, 5.74) is 1.44. The summed E-state index contributed by atoms with van der Waals surface area (Å²) >= 11 is 0. The van der Waals surface area contributed by atoms with Crippen LogP contribution in [0, 0.1) is 6.92 Å². The number of aromatic nitrogens is 1. The highest BCUT2D eigenvalue weighted by atomic mass is 32.2. The third-order valence-electron chi connectivity index (χ3n) is 1.76. The van der Waals surface area contributed by atoms with E-state index in [1.807, 2.05) is 6.92 Å². The first-order valence-electron chi connectivity index (χ1n) is 4.35. The van der Waals surface area contributed by atoms with Gasteiger partial charge >= 0.3 is 0 Å². The van der Waals surface area contributed by atoms with Gasteiger partial charge < -0.3 is 0 Å². The molecule has 0 saturated heterocycles. The Hall–Kier alpha value is -1.10. The fourth-order valence-corrected chi connectivity index (χ4v) is 1.57. The summed E-state index contributed by atoms with van der Waals surface area (Å²) in [4.78, 5) is 3.90. The van der Waals surface area contributed by atoms with Crippen LogP contribution in [0.3, 0.4) is 0 Å². The van der Waals surface area contributed by atoms with Crippen molar-refractivity contribution in [1.82, 2.24) is 4.98 Å². The first-order valence-corrected chi connectivity index (χ1v) is 5.90. The molecule has 0 unspecified atom stereocenters. The second-order valence-corrected chi connectivity index (χ2v) is 5.68. The van der Waals surface area contributed by atoms with Crippen molar-refractivity contribution in [1.29, 1.82) is 0 Å². The van der Waals surface area contributed by atoms with E-state index in [1.54, 1.807) is 26.1 Å². The van der Waals surface area contributed by atoms with Gasteiger partial charge in [-0.25, -0.2) is 8.42 Å². The minimum atomic E-state index is -3.26. The number of pyridine rings is 1. The Morgan fingerprint density at radius 2 is 2.00 bits per heavy atom. The van der Waals surface area contributed by atoms with Crippen LogP contribution < -0.4 is 4.72 Å². The molecule has 0 aliphatic carbocycles. The maximum absolute atomic E-state index is 11.5. The molecular formula is C9H14N2O2S. The molecular weight excluding hydrogens is 200 g/mol. The lowest BCUT2D eigenvalue weighted by Gasteiger charge is -2.10. The second-order valence-electron chi connectivity index (χ2n) is 3.45. The monoisotopic (exact) mass is 214 g/mol. The first-order chi connectivity index (χ1) is 6.42. The molecule has 1 aromatic heterocycles. The molecule has 0 amide bonds. The number of hydrogen-bond donors (Lipinski definition) is 1. The van der Waals surface area contributed by atoms with Crippen molar-refractivity contribution in [2.75, 3.05) is 4.72 Å². The lowest BCUT2D eigenvalue weighted by Crippen LogP contribution is -2.22. The van der Waals surface area contributed by atoms with Gasteiger partial charge in [0.25, 0.3) is 0 Å². The molecule has 4 nitrogen and oxygen atoms in total. The predicted octanol–water partition coefficient (Wildman–Crippen LogP) is 1.54. The molecule has 0 atom stereocenters. The third-order valence-corrected chi connectivity index (χ3v) is 3.52. The zero-order chi connectivity index (χ0) is 10.8. The van der Waals surface area contributed by atoms with Gasteiger partial charge in [-0.05, 0) is 32.4 Å². The standard InChI is InChI=1S/C9H14N2O2S/c1-7(2)14(12,13)11-9-4-8(3)5-10-6-9/h4-7,11H,1-3H3. The number of anilines is 1. The average molecular weight is 214 g/mol. The molecule has 1 rings (SSSR count). The highest BCUT2D eigenvalue weighted by Crippen LogP contribution is 2.11. The van der Waals surface area contributed by atoms with Gasteiger partial charge in [0.1, 0.15) is 0 Å². The number of hydrogen-bond acceptors (Lipinski definition) is 3. The van der Waals surface area contributed by atoms with Gasteiger partial charge in [-0.2, -0.15) is 0 Å². The Labute approximate surface area is 84.4 Å². The van der Waals surface area contributed by atoms with Gasteiger partial charge in [-0.3, -0.25) is 9.71 Å². The van der Waals surface area contributed by atoms with Crippen molar-refractivity contribution in [3.8, 4) is 0 Å².